The second-order valence-corrected chi connectivity index (χ2v) is 7.64. The Hall–Kier alpha value is -2.05. The molecule has 7 nitrogen and oxygen atoms in total. The van der Waals surface area contributed by atoms with Gasteiger partial charge in [0, 0.05) is 18.7 Å². The molecular formula is C17H27NO6. The third kappa shape index (κ3) is 6.60. The summed E-state index contributed by atoms with van der Waals surface area (Å²) < 4.78 is 15.1. The lowest BCUT2D eigenvalue weighted by Crippen LogP contribution is -2.40. The molecule has 0 radical (unpaired) electrons. The van der Waals surface area contributed by atoms with Crippen LogP contribution in [-0.4, -0.2) is 48.4 Å². The highest BCUT2D eigenvalue weighted by atomic mass is 16.7. The van der Waals surface area contributed by atoms with E-state index in [4.69, 9.17) is 14.2 Å². The van der Waals surface area contributed by atoms with Gasteiger partial charge in [-0.05, 0) is 48.0 Å². The number of nitrogens with zero attached hydrogens (tertiary/aromatic N) is 1. The van der Waals surface area contributed by atoms with Gasteiger partial charge in [-0.2, -0.15) is 0 Å². The van der Waals surface area contributed by atoms with Crippen LogP contribution in [-0.2, 0) is 23.8 Å². The first-order chi connectivity index (χ1) is 10.9. The number of amides is 1. The Morgan fingerprint density at radius 1 is 1.08 bits per heavy atom. The van der Waals surface area contributed by atoms with Crippen molar-refractivity contribution in [1.29, 1.82) is 0 Å². The largest absolute Gasteiger partial charge is 0.444 e. The number of esters is 2. The molecule has 0 unspecified atom stereocenters. The first kappa shape index (κ1) is 20.0. The summed E-state index contributed by atoms with van der Waals surface area (Å²) in [5.41, 5.74) is -0.747. The lowest BCUT2D eigenvalue weighted by atomic mass is 9.98. The zero-order valence-electron chi connectivity index (χ0n) is 15.3. The lowest BCUT2D eigenvalue weighted by Gasteiger charge is -2.29. The van der Waals surface area contributed by atoms with Crippen LogP contribution in [0, 0.1) is 5.41 Å². The van der Waals surface area contributed by atoms with Crippen LogP contribution < -0.4 is 0 Å². The van der Waals surface area contributed by atoms with Crippen LogP contribution in [0.3, 0.4) is 0 Å². The molecule has 0 aliphatic carbocycles. The monoisotopic (exact) mass is 341 g/mol. The fraction of sp³-hybridized carbons (Fsp3) is 0.706. The summed E-state index contributed by atoms with van der Waals surface area (Å²) in [6.07, 6.45) is 1.58. The number of hydrogen-bond acceptors (Lipinski definition) is 6. The molecular weight excluding hydrogens is 314 g/mol. The van der Waals surface area contributed by atoms with Gasteiger partial charge in [-0.15, -0.1) is 0 Å². The van der Waals surface area contributed by atoms with Crippen LogP contribution >= 0.6 is 0 Å². The van der Waals surface area contributed by atoms with Gasteiger partial charge >= 0.3 is 18.0 Å². The standard InChI is InChI=1S/C17H27NO6/c1-16(2,3)14(20)23-11-22-13(19)12-7-9-18(10-8-12)15(21)24-17(4,5)6/h7H,8-11H2,1-6H3. The molecule has 1 amide bonds. The summed E-state index contributed by atoms with van der Waals surface area (Å²) in [5, 5.41) is 0. The van der Waals surface area contributed by atoms with E-state index in [1.807, 2.05) is 0 Å². The molecule has 0 aromatic rings. The molecule has 0 N–H and O–H groups in total. The molecule has 0 spiro atoms. The zero-order valence-corrected chi connectivity index (χ0v) is 15.3. The van der Waals surface area contributed by atoms with Crippen molar-refractivity contribution in [3.8, 4) is 0 Å². The fourth-order valence-corrected chi connectivity index (χ4v) is 1.79. The zero-order chi connectivity index (χ0) is 18.5. The Balaban J connectivity index is 2.43. The number of carbonyl (C=O) groups is 3. The third-order valence-electron chi connectivity index (χ3n) is 3.12. The predicted octanol–water partition coefficient (Wildman–Crippen LogP) is 2.64. The van der Waals surface area contributed by atoms with Crippen LogP contribution in [0.25, 0.3) is 0 Å². The number of ether oxygens (including phenoxy) is 3. The van der Waals surface area contributed by atoms with Crippen LogP contribution in [0.5, 0.6) is 0 Å². The second-order valence-electron chi connectivity index (χ2n) is 7.64. The van der Waals surface area contributed by atoms with E-state index in [1.54, 1.807) is 47.6 Å². The van der Waals surface area contributed by atoms with Crippen LogP contribution in [0.4, 0.5) is 4.79 Å². The van der Waals surface area contributed by atoms with Crippen molar-refractivity contribution in [2.24, 2.45) is 5.41 Å². The molecule has 7 heteroatoms. The van der Waals surface area contributed by atoms with Crippen LogP contribution in [0.15, 0.2) is 11.6 Å². The minimum atomic E-state index is -0.648. The Labute approximate surface area is 142 Å². The molecule has 136 valence electrons. The van der Waals surface area contributed by atoms with Crippen molar-refractivity contribution in [3.05, 3.63) is 11.6 Å². The van der Waals surface area contributed by atoms with Crippen molar-refractivity contribution >= 4 is 18.0 Å². The van der Waals surface area contributed by atoms with E-state index in [1.165, 1.54) is 4.90 Å². The summed E-state index contributed by atoms with van der Waals surface area (Å²) in [6, 6.07) is 0. The highest BCUT2D eigenvalue weighted by molar-refractivity contribution is 5.89. The van der Waals surface area contributed by atoms with E-state index in [9.17, 15) is 14.4 Å². The molecule has 0 fully saturated rings. The lowest BCUT2D eigenvalue weighted by molar-refractivity contribution is -0.171. The number of hydrogen-bond donors (Lipinski definition) is 0. The van der Waals surface area contributed by atoms with Gasteiger partial charge < -0.3 is 19.1 Å². The van der Waals surface area contributed by atoms with Gasteiger partial charge in [-0.1, -0.05) is 6.08 Å². The smallest absolute Gasteiger partial charge is 0.410 e. The van der Waals surface area contributed by atoms with E-state index in [0.717, 1.165) is 0 Å². The minimum Gasteiger partial charge on any atom is -0.444 e. The molecule has 0 aromatic heterocycles. The Morgan fingerprint density at radius 3 is 2.17 bits per heavy atom. The molecule has 0 saturated heterocycles. The van der Waals surface area contributed by atoms with Gasteiger partial charge in [0.25, 0.3) is 0 Å². The predicted molar refractivity (Wildman–Crippen MR) is 87.0 cm³/mol. The molecule has 1 rings (SSSR count). The van der Waals surface area contributed by atoms with Crippen LogP contribution in [0.2, 0.25) is 0 Å². The summed E-state index contributed by atoms with van der Waals surface area (Å²) in [4.78, 5) is 36.9. The normalized spacial score (nSPS) is 15.4. The molecule has 1 aliphatic heterocycles. The highest BCUT2D eigenvalue weighted by Gasteiger charge is 2.26. The average Bonchev–Trinajstić information content (AvgIpc) is 2.44. The van der Waals surface area contributed by atoms with E-state index >= 15 is 0 Å². The first-order valence-electron chi connectivity index (χ1n) is 7.91. The fourth-order valence-electron chi connectivity index (χ4n) is 1.79. The van der Waals surface area contributed by atoms with Gasteiger partial charge in [0.15, 0.2) is 0 Å². The second kappa shape index (κ2) is 7.68. The van der Waals surface area contributed by atoms with Crippen molar-refractivity contribution in [2.45, 2.75) is 53.6 Å². The summed E-state index contributed by atoms with van der Waals surface area (Å²) in [7, 11) is 0. The van der Waals surface area contributed by atoms with Gasteiger partial charge in [-0.3, -0.25) is 4.79 Å². The van der Waals surface area contributed by atoms with Crippen molar-refractivity contribution in [2.75, 3.05) is 19.9 Å². The van der Waals surface area contributed by atoms with Gasteiger partial charge in [0.05, 0.1) is 5.41 Å². The van der Waals surface area contributed by atoms with Crippen molar-refractivity contribution in [3.63, 3.8) is 0 Å². The molecule has 1 aliphatic rings. The van der Waals surface area contributed by atoms with Crippen LogP contribution in [0.1, 0.15) is 48.0 Å². The topological polar surface area (TPSA) is 82.1 Å². The number of rotatable bonds is 3. The molecule has 0 bridgehead atoms. The molecule has 0 saturated carbocycles. The Kier molecular flexibility index (Phi) is 6.40. The van der Waals surface area contributed by atoms with Gasteiger partial charge in [0.1, 0.15) is 5.60 Å². The Morgan fingerprint density at radius 2 is 1.71 bits per heavy atom. The summed E-state index contributed by atoms with van der Waals surface area (Å²) in [5.74, 6) is -0.982. The van der Waals surface area contributed by atoms with Crippen molar-refractivity contribution in [1.82, 2.24) is 4.90 Å². The van der Waals surface area contributed by atoms with E-state index in [2.05, 4.69) is 0 Å². The third-order valence-corrected chi connectivity index (χ3v) is 3.12. The average molecular weight is 341 g/mol. The van der Waals surface area contributed by atoms with E-state index in [-0.39, 0.29) is 6.54 Å². The van der Waals surface area contributed by atoms with Gasteiger partial charge in [0.2, 0.25) is 6.79 Å². The molecule has 1 heterocycles. The van der Waals surface area contributed by atoms with Gasteiger partial charge in [-0.25, -0.2) is 9.59 Å². The maximum atomic E-state index is 11.9. The SMILES string of the molecule is CC(C)(C)OC(=O)N1CC=C(C(=O)OCOC(=O)C(C)(C)C)CC1. The van der Waals surface area contributed by atoms with Crippen molar-refractivity contribution < 1.29 is 28.6 Å². The maximum absolute atomic E-state index is 11.9. The highest BCUT2D eigenvalue weighted by Crippen LogP contribution is 2.17. The summed E-state index contributed by atoms with van der Waals surface area (Å²) in [6.45, 7) is 10.8. The maximum Gasteiger partial charge on any atom is 0.410 e. The van der Waals surface area contributed by atoms with E-state index in [0.29, 0.717) is 18.5 Å². The molecule has 24 heavy (non-hydrogen) atoms. The first-order valence-corrected chi connectivity index (χ1v) is 7.91. The quantitative estimate of drug-likeness (QED) is 0.580. The minimum absolute atomic E-state index is 0.279. The molecule has 0 atom stereocenters. The molecule has 0 aromatic carbocycles. The van der Waals surface area contributed by atoms with E-state index < -0.39 is 35.8 Å². The number of carbonyl (C=O) groups excluding carboxylic acids is 3. The Bertz CT molecular complexity index is 524. The summed E-state index contributed by atoms with van der Waals surface area (Å²) >= 11 is 0.